The maximum atomic E-state index is 9.51. The van der Waals surface area contributed by atoms with E-state index in [1.54, 1.807) is 0 Å². The molecule has 0 aliphatic rings. The quantitative estimate of drug-likeness (QED) is 0.582. The summed E-state index contributed by atoms with van der Waals surface area (Å²) in [4.78, 5) is 0. The summed E-state index contributed by atoms with van der Waals surface area (Å²) in [6.45, 7) is 1.96. The molecule has 0 N–H and O–H groups in total. The van der Waals surface area contributed by atoms with Crippen molar-refractivity contribution in [1.82, 2.24) is 0 Å². The van der Waals surface area contributed by atoms with Gasteiger partial charge in [0.1, 0.15) is 6.07 Å². The molecule has 0 bridgehead atoms. The average Bonchev–Trinajstić information content (AvgIpc) is 2.58. The van der Waals surface area contributed by atoms with Crippen molar-refractivity contribution < 1.29 is 0 Å². The van der Waals surface area contributed by atoms with Crippen molar-refractivity contribution in [2.45, 2.75) is 6.92 Å². The zero-order valence-electron chi connectivity index (χ0n) is 12.2. The molecule has 0 atom stereocenters. The number of hydrogen-bond acceptors (Lipinski definition) is 1. The van der Waals surface area contributed by atoms with Crippen LogP contribution in [0.25, 0.3) is 22.3 Å². The molecule has 0 aromatic heterocycles. The van der Waals surface area contributed by atoms with E-state index in [9.17, 15) is 5.26 Å². The smallest absolute Gasteiger partial charge is 0.101 e. The first-order valence-electron chi connectivity index (χ1n) is 7.06. The van der Waals surface area contributed by atoms with Gasteiger partial charge >= 0.3 is 0 Å². The number of nitriles is 1. The van der Waals surface area contributed by atoms with Crippen LogP contribution in [0.2, 0.25) is 5.02 Å². The molecule has 3 rings (SSSR count). The van der Waals surface area contributed by atoms with Gasteiger partial charge in [-0.2, -0.15) is 5.26 Å². The van der Waals surface area contributed by atoms with E-state index < -0.39 is 0 Å². The van der Waals surface area contributed by atoms with Crippen molar-refractivity contribution in [1.29, 1.82) is 5.26 Å². The standard InChI is InChI=1S/C20H14ClN/c1-14-17(15-8-4-2-5-9-15)12-18(19(13-22)20(14)21)16-10-6-3-7-11-16/h2-12H,1H3. The van der Waals surface area contributed by atoms with Gasteiger partial charge < -0.3 is 0 Å². The third kappa shape index (κ3) is 2.50. The molecule has 3 aromatic carbocycles. The van der Waals surface area contributed by atoms with Gasteiger partial charge in [0, 0.05) is 5.56 Å². The lowest BCUT2D eigenvalue weighted by Crippen LogP contribution is -1.93. The van der Waals surface area contributed by atoms with Crippen LogP contribution in [0.15, 0.2) is 66.7 Å². The second-order valence-electron chi connectivity index (χ2n) is 5.13. The molecule has 0 saturated heterocycles. The summed E-state index contributed by atoms with van der Waals surface area (Å²) in [7, 11) is 0. The van der Waals surface area contributed by atoms with Gasteiger partial charge in [-0.15, -0.1) is 0 Å². The van der Waals surface area contributed by atoms with Crippen LogP contribution in [-0.2, 0) is 0 Å². The van der Waals surface area contributed by atoms with Crippen molar-refractivity contribution in [3.05, 3.63) is 82.9 Å². The Bertz CT molecular complexity index is 846. The first-order valence-corrected chi connectivity index (χ1v) is 7.44. The second kappa shape index (κ2) is 6.05. The Morgan fingerprint density at radius 2 is 1.32 bits per heavy atom. The first-order chi connectivity index (χ1) is 10.7. The van der Waals surface area contributed by atoms with Crippen LogP contribution in [0, 0.1) is 18.3 Å². The van der Waals surface area contributed by atoms with Gasteiger partial charge in [-0.25, -0.2) is 0 Å². The van der Waals surface area contributed by atoms with Crippen LogP contribution in [0.3, 0.4) is 0 Å². The van der Waals surface area contributed by atoms with Crippen LogP contribution in [0.1, 0.15) is 11.1 Å². The molecule has 1 nitrogen and oxygen atoms in total. The molecule has 3 aromatic rings. The molecule has 2 heteroatoms. The van der Waals surface area contributed by atoms with Gasteiger partial charge in [0.05, 0.1) is 10.6 Å². The highest BCUT2D eigenvalue weighted by Gasteiger charge is 2.16. The molecular formula is C20H14ClN. The minimum absolute atomic E-state index is 0.530. The number of halogens is 1. The summed E-state index contributed by atoms with van der Waals surface area (Å²) in [6, 6.07) is 24.3. The molecule has 106 valence electrons. The van der Waals surface area contributed by atoms with Gasteiger partial charge in [-0.05, 0) is 35.2 Å². The van der Waals surface area contributed by atoms with E-state index in [-0.39, 0.29) is 0 Å². The second-order valence-corrected chi connectivity index (χ2v) is 5.51. The van der Waals surface area contributed by atoms with E-state index in [2.05, 4.69) is 24.3 Å². The molecule has 0 saturated carbocycles. The van der Waals surface area contributed by atoms with Crippen LogP contribution in [0.5, 0.6) is 0 Å². The van der Waals surface area contributed by atoms with Gasteiger partial charge in [0.25, 0.3) is 0 Å². The highest BCUT2D eigenvalue weighted by molar-refractivity contribution is 6.33. The van der Waals surface area contributed by atoms with Gasteiger partial charge in [-0.1, -0.05) is 72.3 Å². The minimum Gasteiger partial charge on any atom is -0.192 e. The molecule has 0 fully saturated rings. The first kappa shape index (κ1) is 14.4. The van der Waals surface area contributed by atoms with Gasteiger partial charge in [0.2, 0.25) is 0 Å². The number of rotatable bonds is 2. The molecule has 0 aliphatic carbocycles. The van der Waals surface area contributed by atoms with Crippen LogP contribution >= 0.6 is 11.6 Å². The maximum absolute atomic E-state index is 9.51. The largest absolute Gasteiger partial charge is 0.192 e. The summed E-state index contributed by atoms with van der Waals surface area (Å²) < 4.78 is 0. The van der Waals surface area contributed by atoms with Gasteiger partial charge in [-0.3, -0.25) is 0 Å². The Morgan fingerprint density at radius 3 is 1.82 bits per heavy atom. The average molecular weight is 304 g/mol. The molecule has 0 aliphatic heterocycles. The molecule has 0 radical (unpaired) electrons. The fourth-order valence-corrected chi connectivity index (χ4v) is 2.87. The minimum atomic E-state index is 0.530. The molecule has 0 spiro atoms. The van der Waals surface area contributed by atoms with Crippen LogP contribution in [-0.4, -0.2) is 0 Å². The summed E-state index contributed by atoms with van der Waals surface area (Å²) >= 11 is 6.48. The van der Waals surface area contributed by atoms with E-state index in [4.69, 9.17) is 11.6 Å². The molecule has 22 heavy (non-hydrogen) atoms. The monoisotopic (exact) mass is 303 g/mol. The third-order valence-electron chi connectivity index (χ3n) is 3.79. The Morgan fingerprint density at radius 1 is 0.818 bits per heavy atom. The highest BCUT2D eigenvalue weighted by Crippen LogP contribution is 2.37. The summed E-state index contributed by atoms with van der Waals surface area (Å²) in [6.07, 6.45) is 0. The van der Waals surface area contributed by atoms with E-state index >= 15 is 0 Å². The summed E-state index contributed by atoms with van der Waals surface area (Å²) in [5, 5.41) is 10.0. The third-order valence-corrected chi connectivity index (χ3v) is 4.26. The zero-order chi connectivity index (χ0) is 15.5. The number of benzene rings is 3. The lowest BCUT2D eigenvalue weighted by molar-refractivity contribution is 1.41. The normalized spacial score (nSPS) is 10.2. The molecule has 0 amide bonds. The number of nitrogens with zero attached hydrogens (tertiary/aromatic N) is 1. The Hall–Kier alpha value is -2.56. The lowest BCUT2D eigenvalue weighted by atomic mass is 9.91. The van der Waals surface area contributed by atoms with Gasteiger partial charge in [0.15, 0.2) is 0 Å². The fourth-order valence-electron chi connectivity index (χ4n) is 2.62. The lowest BCUT2D eigenvalue weighted by Gasteiger charge is -2.14. The van der Waals surface area contributed by atoms with Crippen molar-refractivity contribution in [2.24, 2.45) is 0 Å². The Balaban J connectivity index is 2.31. The van der Waals surface area contributed by atoms with E-state index in [1.165, 1.54) is 0 Å². The summed E-state index contributed by atoms with van der Waals surface area (Å²) in [5.74, 6) is 0. The van der Waals surface area contributed by atoms with Crippen LogP contribution < -0.4 is 0 Å². The summed E-state index contributed by atoms with van der Waals surface area (Å²) in [5.41, 5.74) is 5.50. The molecule has 0 heterocycles. The highest BCUT2D eigenvalue weighted by atomic mass is 35.5. The predicted molar refractivity (Wildman–Crippen MR) is 91.8 cm³/mol. The SMILES string of the molecule is Cc1c(-c2ccccc2)cc(-c2ccccc2)c(C#N)c1Cl. The Kier molecular flexibility index (Phi) is 3.96. The van der Waals surface area contributed by atoms with Crippen molar-refractivity contribution >= 4 is 11.6 Å². The topological polar surface area (TPSA) is 23.8 Å². The predicted octanol–water partition coefficient (Wildman–Crippen LogP) is 5.85. The van der Waals surface area contributed by atoms with Crippen molar-refractivity contribution in [2.75, 3.05) is 0 Å². The van der Waals surface area contributed by atoms with Crippen LogP contribution in [0.4, 0.5) is 0 Å². The molecular weight excluding hydrogens is 290 g/mol. The zero-order valence-corrected chi connectivity index (χ0v) is 12.9. The Labute approximate surface area is 135 Å². The van der Waals surface area contributed by atoms with Crippen molar-refractivity contribution in [3.8, 4) is 28.3 Å². The van der Waals surface area contributed by atoms with E-state index in [1.807, 2.05) is 55.5 Å². The van der Waals surface area contributed by atoms with E-state index in [0.29, 0.717) is 10.6 Å². The number of hydrogen-bond donors (Lipinski definition) is 0. The van der Waals surface area contributed by atoms with E-state index in [0.717, 1.165) is 27.8 Å². The fraction of sp³-hybridized carbons (Fsp3) is 0.0500. The maximum Gasteiger partial charge on any atom is 0.101 e. The molecule has 0 unspecified atom stereocenters. The van der Waals surface area contributed by atoms with Crippen molar-refractivity contribution in [3.63, 3.8) is 0 Å².